The van der Waals surface area contributed by atoms with E-state index >= 15 is 0 Å². The Hall–Kier alpha value is -3.73. The molecule has 0 fully saturated rings. The van der Waals surface area contributed by atoms with Gasteiger partial charge in [0.2, 0.25) is 10.0 Å². The first kappa shape index (κ1) is 24.4. The lowest BCUT2D eigenvalue weighted by molar-refractivity contribution is -0.133. The van der Waals surface area contributed by atoms with E-state index in [2.05, 4.69) is 0 Å². The number of rotatable bonds is 5. The minimum atomic E-state index is -4.22. The molecule has 0 saturated carbocycles. The highest BCUT2D eigenvalue weighted by atomic mass is 32.2. The fourth-order valence-corrected chi connectivity index (χ4v) is 5.65. The summed E-state index contributed by atoms with van der Waals surface area (Å²) in [7, 11) is -2.75. The zero-order chi connectivity index (χ0) is 25.2. The van der Waals surface area contributed by atoms with E-state index in [1.165, 1.54) is 36.3 Å². The number of carbonyl (C=O) groups excluding carboxylic acids is 2. The molecule has 1 atom stereocenters. The van der Waals surface area contributed by atoms with Crippen LogP contribution >= 0.6 is 0 Å². The van der Waals surface area contributed by atoms with Crippen molar-refractivity contribution >= 4 is 27.5 Å². The van der Waals surface area contributed by atoms with Gasteiger partial charge in [-0.05, 0) is 55.0 Å². The number of fused-ring (bicyclic) bond motifs is 1. The third-order valence-electron chi connectivity index (χ3n) is 5.90. The maximum absolute atomic E-state index is 13.7. The number of amides is 2. The molecule has 0 spiro atoms. The van der Waals surface area contributed by atoms with Crippen LogP contribution in [0.2, 0.25) is 0 Å². The SMILES string of the molecule is COc1ccc(S(=O)(=O)N2Cc3cc(C)ccc3N(C(=O)c3ccccc3)CC2C(=O)NO)cc1. The van der Waals surface area contributed by atoms with Crippen LogP contribution in [0.15, 0.2) is 77.7 Å². The molecular formula is C25H25N3O6S. The van der Waals surface area contributed by atoms with Crippen LogP contribution in [-0.4, -0.2) is 49.4 Å². The first-order chi connectivity index (χ1) is 16.8. The average Bonchev–Trinajstić information content (AvgIpc) is 3.05. The summed E-state index contributed by atoms with van der Waals surface area (Å²) in [6, 6.07) is 18.3. The standard InChI is InChI=1S/C25H25N3O6S/c1-17-8-13-22-19(14-17)15-28(35(32,33)21-11-9-20(34-2)10-12-21)23(24(29)26-31)16-27(22)25(30)18-6-4-3-5-7-18/h3-14,23,31H,15-16H2,1-2H3,(H,26,29). The zero-order valence-electron chi connectivity index (χ0n) is 19.2. The smallest absolute Gasteiger partial charge is 0.263 e. The van der Waals surface area contributed by atoms with Crippen LogP contribution in [-0.2, 0) is 21.4 Å². The highest BCUT2D eigenvalue weighted by molar-refractivity contribution is 7.89. The summed E-state index contributed by atoms with van der Waals surface area (Å²) in [5.74, 6) is -0.863. The van der Waals surface area contributed by atoms with Crippen molar-refractivity contribution in [2.75, 3.05) is 18.6 Å². The molecule has 1 aliphatic heterocycles. The maximum atomic E-state index is 13.7. The van der Waals surface area contributed by atoms with Gasteiger partial charge in [-0.25, -0.2) is 13.9 Å². The summed E-state index contributed by atoms with van der Waals surface area (Å²) < 4.78 is 33.6. The molecule has 4 rings (SSSR count). The Morgan fingerprint density at radius 3 is 2.34 bits per heavy atom. The van der Waals surface area contributed by atoms with E-state index in [-0.39, 0.29) is 18.0 Å². The lowest BCUT2D eigenvalue weighted by Crippen LogP contribution is -2.53. The summed E-state index contributed by atoms with van der Waals surface area (Å²) in [6.07, 6.45) is 0. The van der Waals surface area contributed by atoms with Crippen molar-refractivity contribution in [2.45, 2.75) is 24.4 Å². The topological polar surface area (TPSA) is 116 Å². The minimum Gasteiger partial charge on any atom is -0.497 e. The number of methoxy groups -OCH3 is 1. The number of benzene rings is 3. The van der Waals surface area contributed by atoms with Crippen molar-refractivity contribution in [1.29, 1.82) is 0 Å². The average molecular weight is 496 g/mol. The number of sulfonamides is 1. The van der Waals surface area contributed by atoms with Gasteiger partial charge in [0.1, 0.15) is 11.8 Å². The lowest BCUT2D eigenvalue weighted by atomic mass is 10.1. The molecule has 1 aliphatic rings. The fourth-order valence-electron chi connectivity index (χ4n) is 4.10. The molecule has 0 bridgehead atoms. The Balaban J connectivity index is 1.85. The number of carbonyl (C=O) groups is 2. The number of hydrogen-bond acceptors (Lipinski definition) is 6. The van der Waals surface area contributed by atoms with E-state index in [1.54, 1.807) is 47.9 Å². The first-order valence-electron chi connectivity index (χ1n) is 10.8. The molecule has 0 aliphatic carbocycles. The number of nitrogens with zero attached hydrogens (tertiary/aromatic N) is 2. The molecule has 10 heteroatoms. The van der Waals surface area contributed by atoms with Crippen LogP contribution in [0, 0.1) is 6.92 Å². The van der Waals surface area contributed by atoms with Gasteiger partial charge in [0.15, 0.2) is 0 Å². The third kappa shape index (κ3) is 4.76. The van der Waals surface area contributed by atoms with E-state index in [0.29, 0.717) is 22.6 Å². The van der Waals surface area contributed by atoms with E-state index < -0.39 is 27.9 Å². The van der Waals surface area contributed by atoms with E-state index in [9.17, 15) is 23.2 Å². The molecule has 0 radical (unpaired) electrons. The first-order valence-corrected chi connectivity index (χ1v) is 12.3. The molecule has 0 saturated heterocycles. The summed E-state index contributed by atoms with van der Waals surface area (Å²) in [6.45, 7) is 1.38. The molecule has 1 heterocycles. The maximum Gasteiger partial charge on any atom is 0.263 e. The van der Waals surface area contributed by atoms with Gasteiger partial charge in [-0.2, -0.15) is 4.31 Å². The van der Waals surface area contributed by atoms with Crippen LogP contribution in [0.3, 0.4) is 0 Å². The Labute approximate surface area is 203 Å². The summed E-state index contributed by atoms with van der Waals surface area (Å²) in [4.78, 5) is 27.6. The van der Waals surface area contributed by atoms with Crippen LogP contribution < -0.4 is 15.1 Å². The van der Waals surface area contributed by atoms with Gasteiger partial charge in [-0.1, -0.05) is 35.9 Å². The Morgan fingerprint density at radius 2 is 1.71 bits per heavy atom. The van der Waals surface area contributed by atoms with E-state index in [4.69, 9.17) is 4.74 Å². The normalized spacial score (nSPS) is 16.2. The quantitative estimate of drug-likeness (QED) is 0.415. The molecule has 2 N–H and O–H groups in total. The summed E-state index contributed by atoms with van der Waals surface area (Å²) >= 11 is 0. The van der Waals surface area contributed by atoms with Crippen LogP contribution in [0.5, 0.6) is 5.75 Å². The van der Waals surface area contributed by atoms with Gasteiger partial charge in [-0.3, -0.25) is 14.8 Å². The molecule has 35 heavy (non-hydrogen) atoms. The van der Waals surface area contributed by atoms with Gasteiger partial charge < -0.3 is 9.64 Å². The molecule has 9 nitrogen and oxygen atoms in total. The Bertz CT molecular complexity index is 1340. The van der Waals surface area contributed by atoms with Crippen LogP contribution in [0.4, 0.5) is 5.69 Å². The highest BCUT2D eigenvalue weighted by Gasteiger charge is 2.41. The number of anilines is 1. The molecular weight excluding hydrogens is 470 g/mol. The number of nitrogens with one attached hydrogen (secondary N) is 1. The predicted molar refractivity (Wildman–Crippen MR) is 129 cm³/mol. The van der Waals surface area contributed by atoms with Gasteiger partial charge >= 0.3 is 0 Å². The monoisotopic (exact) mass is 495 g/mol. The van der Waals surface area contributed by atoms with E-state index in [1.807, 2.05) is 13.0 Å². The number of ether oxygens (including phenoxy) is 1. The highest BCUT2D eigenvalue weighted by Crippen LogP contribution is 2.33. The van der Waals surface area contributed by atoms with Crippen molar-refractivity contribution < 1.29 is 28.0 Å². The van der Waals surface area contributed by atoms with Gasteiger partial charge in [0, 0.05) is 17.8 Å². The lowest BCUT2D eigenvalue weighted by Gasteiger charge is -2.29. The second-order valence-electron chi connectivity index (χ2n) is 8.13. The molecule has 182 valence electrons. The molecule has 2 amide bonds. The Kier molecular flexibility index (Phi) is 6.88. The van der Waals surface area contributed by atoms with Crippen molar-refractivity contribution in [3.8, 4) is 5.75 Å². The van der Waals surface area contributed by atoms with Crippen molar-refractivity contribution in [3.05, 3.63) is 89.5 Å². The van der Waals surface area contributed by atoms with Crippen LogP contribution in [0.25, 0.3) is 0 Å². The van der Waals surface area contributed by atoms with Crippen molar-refractivity contribution in [2.24, 2.45) is 0 Å². The number of hydroxylamine groups is 1. The van der Waals surface area contributed by atoms with Crippen molar-refractivity contribution in [3.63, 3.8) is 0 Å². The molecule has 3 aromatic rings. The zero-order valence-corrected chi connectivity index (χ0v) is 20.0. The summed E-state index contributed by atoms with van der Waals surface area (Å²) in [5, 5.41) is 9.46. The minimum absolute atomic E-state index is 0.0499. The van der Waals surface area contributed by atoms with Gasteiger partial charge in [-0.15, -0.1) is 0 Å². The molecule has 1 unspecified atom stereocenters. The van der Waals surface area contributed by atoms with Gasteiger partial charge in [0.25, 0.3) is 11.8 Å². The van der Waals surface area contributed by atoms with Gasteiger partial charge in [0.05, 0.1) is 18.6 Å². The Morgan fingerprint density at radius 1 is 1.03 bits per heavy atom. The largest absolute Gasteiger partial charge is 0.497 e. The van der Waals surface area contributed by atoms with Crippen molar-refractivity contribution in [1.82, 2.24) is 9.79 Å². The second kappa shape index (κ2) is 9.87. The number of aryl methyl sites for hydroxylation is 1. The second-order valence-corrected chi connectivity index (χ2v) is 10.0. The number of hydrogen-bond donors (Lipinski definition) is 2. The third-order valence-corrected chi connectivity index (χ3v) is 7.77. The van der Waals surface area contributed by atoms with E-state index in [0.717, 1.165) is 9.87 Å². The van der Waals surface area contributed by atoms with Crippen LogP contribution in [0.1, 0.15) is 21.5 Å². The molecule has 0 aromatic heterocycles. The predicted octanol–water partition coefficient (Wildman–Crippen LogP) is 2.73. The molecule has 3 aromatic carbocycles. The fraction of sp³-hybridized carbons (Fsp3) is 0.200. The summed E-state index contributed by atoms with van der Waals surface area (Å²) in [5.41, 5.74) is 3.86.